The van der Waals surface area contributed by atoms with Gasteiger partial charge in [0.15, 0.2) is 0 Å². The molecule has 6 fully saturated rings. The van der Waals surface area contributed by atoms with E-state index >= 15 is 0 Å². The van der Waals surface area contributed by atoms with Crippen LogP contribution in [0.5, 0.6) is 0 Å². The number of hydrogen-bond donors (Lipinski definition) is 1. The highest BCUT2D eigenvalue weighted by Crippen LogP contribution is 2.91. The van der Waals surface area contributed by atoms with E-state index in [-0.39, 0.29) is 6.10 Å². The zero-order valence-electron chi connectivity index (χ0n) is 6.35. The summed E-state index contributed by atoms with van der Waals surface area (Å²) in [4.78, 5) is 0. The van der Waals surface area contributed by atoms with Gasteiger partial charge in [-0.1, -0.05) is 0 Å². The fraction of sp³-hybridized carbons (Fsp3) is 1.00. The minimum atomic E-state index is 0.125. The zero-order valence-corrected chi connectivity index (χ0v) is 6.35. The Morgan fingerprint density at radius 3 is 1.82 bits per heavy atom. The monoisotopic (exact) mass is 148 g/mol. The van der Waals surface area contributed by atoms with Gasteiger partial charge in [0, 0.05) is 0 Å². The summed E-state index contributed by atoms with van der Waals surface area (Å²) < 4.78 is 0. The van der Waals surface area contributed by atoms with E-state index in [0.717, 1.165) is 41.4 Å². The van der Waals surface area contributed by atoms with Gasteiger partial charge in [0.2, 0.25) is 0 Å². The van der Waals surface area contributed by atoms with Crippen LogP contribution >= 0.6 is 0 Å². The summed E-state index contributed by atoms with van der Waals surface area (Å²) in [7, 11) is 0. The lowest BCUT2D eigenvalue weighted by atomic mass is 9.11. The third-order valence-electron chi connectivity index (χ3n) is 5.95. The van der Waals surface area contributed by atoms with Gasteiger partial charge in [-0.15, -0.1) is 0 Å². The molecule has 0 aromatic rings. The predicted molar refractivity (Wildman–Crippen MR) is 38.5 cm³/mol. The van der Waals surface area contributed by atoms with Crippen molar-refractivity contribution in [2.24, 2.45) is 47.3 Å². The number of aliphatic hydroxyl groups excluding tert-OH is 1. The first-order valence-corrected chi connectivity index (χ1v) is 5.07. The maximum atomic E-state index is 9.75. The van der Waals surface area contributed by atoms with Crippen LogP contribution in [0, 0.1) is 47.3 Å². The van der Waals surface area contributed by atoms with Gasteiger partial charge in [-0.2, -0.15) is 0 Å². The van der Waals surface area contributed by atoms with Crippen molar-refractivity contribution < 1.29 is 5.11 Å². The second-order valence-electron chi connectivity index (χ2n) is 5.51. The lowest BCUT2D eigenvalue weighted by Crippen LogP contribution is -2.91. The summed E-state index contributed by atoms with van der Waals surface area (Å²) in [6.45, 7) is 0. The third kappa shape index (κ3) is 0.234. The molecule has 0 aliphatic heterocycles. The van der Waals surface area contributed by atoms with E-state index in [1.165, 1.54) is 12.3 Å². The quantitative estimate of drug-likeness (QED) is 0.537. The summed E-state index contributed by atoms with van der Waals surface area (Å²) in [6.07, 6.45) is 1.30. The zero-order chi connectivity index (χ0) is 6.90. The van der Waals surface area contributed by atoms with E-state index in [9.17, 15) is 5.11 Å². The standard InChI is InChI=1S/C10H12O/c11-3-1-2-4-7-5(2)9-6(3)8(4)10(7)9/h2-11H,1H2/t2?,3-,4+,5?,6?,7?,8-,9?,10?/m0/s1. The van der Waals surface area contributed by atoms with Crippen LogP contribution in [-0.2, 0) is 0 Å². The van der Waals surface area contributed by atoms with Gasteiger partial charge >= 0.3 is 0 Å². The minimum Gasteiger partial charge on any atom is -0.393 e. The van der Waals surface area contributed by atoms with Gasteiger partial charge in [0.1, 0.15) is 0 Å². The molecule has 6 aliphatic rings. The van der Waals surface area contributed by atoms with Gasteiger partial charge in [-0.3, -0.25) is 0 Å². The third-order valence-corrected chi connectivity index (χ3v) is 5.95. The van der Waals surface area contributed by atoms with E-state index in [0.29, 0.717) is 0 Å². The fourth-order valence-corrected chi connectivity index (χ4v) is 5.93. The highest BCUT2D eigenvalue weighted by molar-refractivity contribution is 5.35. The van der Waals surface area contributed by atoms with E-state index in [4.69, 9.17) is 0 Å². The number of aliphatic hydroxyl groups is 1. The molecule has 6 saturated carbocycles. The highest BCUT2D eigenvalue weighted by Gasteiger charge is 2.89. The van der Waals surface area contributed by atoms with Crippen molar-refractivity contribution in [3.05, 3.63) is 0 Å². The van der Waals surface area contributed by atoms with Gasteiger partial charge in [0.05, 0.1) is 6.10 Å². The molecular formula is C10H12O. The first kappa shape index (κ1) is 4.86. The molecular weight excluding hydrogens is 136 g/mol. The van der Waals surface area contributed by atoms with Crippen molar-refractivity contribution in [2.75, 3.05) is 0 Å². The van der Waals surface area contributed by atoms with Crippen molar-refractivity contribution in [3.63, 3.8) is 0 Å². The average molecular weight is 148 g/mol. The molecule has 11 heavy (non-hydrogen) atoms. The molecule has 9 atom stereocenters. The van der Waals surface area contributed by atoms with E-state index < -0.39 is 0 Å². The summed E-state index contributed by atoms with van der Waals surface area (Å²) in [5, 5.41) is 9.75. The summed E-state index contributed by atoms with van der Waals surface area (Å²) in [5.74, 6) is 8.45. The normalized spacial score (nSPS) is 90.8. The summed E-state index contributed by atoms with van der Waals surface area (Å²) >= 11 is 0. The Hall–Kier alpha value is -0.0400. The van der Waals surface area contributed by atoms with Crippen molar-refractivity contribution in [1.82, 2.24) is 0 Å². The Kier molecular flexibility index (Phi) is 0.452. The molecule has 0 spiro atoms. The molecule has 6 aliphatic carbocycles. The van der Waals surface area contributed by atoms with Gasteiger partial charge < -0.3 is 5.11 Å². The molecule has 1 N–H and O–H groups in total. The molecule has 0 amide bonds. The van der Waals surface area contributed by atoms with Crippen LogP contribution < -0.4 is 0 Å². The second kappa shape index (κ2) is 1.02. The van der Waals surface area contributed by atoms with Crippen molar-refractivity contribution in [2.45, 2.75) is 12.5 Å². The summed E-state index contributed by atoms with van der Waals surface area (Å²) in [5.41, 5.74) is 0. The van der Waals surface area contributed by atoms with Gasteiger partial charge in [-0.05, 0) is 53.8 Å². The lowest BCUT2D eigenvalue weighted by Gasteiger charge is -2.93. The van der Waals surface area contributed by atoms with Crippen LogP contribution in [-0.4, -0.2) is 11.2 Å². The Bertz CT molecular complexity index is 250. The van der Waals surface area contributed by atoms with Crippen LogP contribution in [0.1, 0.15) is 6.42 Å². The van der Waals surface area contributed by atoms with E-state index in [1.807, 2.05) is 0 Å². The van der Waals surface area contributed by atoms with Crippen LogP contribution in [0.4, 0.5) is 0 Å². The van der Waals surface area contributed by atoms with E-state index in [1.54, 1.807) is 0 Å². The SMILES string of the molecule is O[C@H]1CC2C3C4C5C3[C@@H]2[C@H]5C41. The second-order valence-corrected chi connectivity index (χ2v) is 5.51. The lowest BCUT2D eigenvalue weighted by molar-refractivity contribution is -0.475. The minimum absolute atomic E-state index is 0.125. The molecule has 0 heterocycles. The maximum absolute atomic E-state index is 9.75. The van der Waals surface area contributed by atoms with Crippen LogP contribution in [0.15, 0.2) is 0 Å². The molecule has 1 nitrogen and oxygen atoms in total. The summed E-state index contributed by atoms with van der Waals surface area (Å²) in [6, 6.07) is 0. The molecule has 0 saturated heterocycles. The Labute approximate surface area is 65.8 Å². The van der Waals surface area contributed by atoms with Crippen molar-refractivity contribution >= 4 is 0 Å². The molecule has 6 rings (SSSR count). The number of rotatable bonds is 0. The van der Waals surface area contributed by atoms with Crippen molar-refractivity contribution in [3.8, 4) is 0 Å². The molecule has 58 valence electrons. The Morgan fingerprint density at radius 2 is 1.27 bits per heavy atom. The largest absolute Gasteiger partial charge is 0.393 e. The molecule has 6 unspecified atom stereocenters. The fourth-order valence-electron chi connectivity index (χ4n) is 5.93. The molecule has 2 bridgehead atoms. The maximum Gasteiger partial charge on any atom is 0.0577 e. The average Bonchev–Trinajstić information content (AvgIpc) is 1.95. The van der Waals surface area contributed by atoms with Crippen LogP contribution in [0.3, 0.4) is 0 Å². The predicted octanol–water partition coefficient (Wildman–Crippen LogP) is 0.735. The van der Waals surface area contributed by atoms with Crippen LogP contribution in [0.25, 0.3) is 0 Å². The molecule has 1 heteroatoms. The van der Waals surface area contributed by atoms with Crippen LogP contribution in [0.2, 0.25) is 0 Å². The number of fused-ring (bicyclic) bond motifs is 1. The van der Waals surface area contributed by atoms with E-state index in [2.05, 4.69) is 0 Å². The molecule has 0 aromatic carbocycles. The Balaban J connectivity index is 1.75. The van der Waals surface area contributed by atoms with Gasteiger partial charge in [0.25, 0.3) is 0 Å². The highest BCUT2D eigenvalue weighted by atomic mass is 16.3. The smallest absolute Gasteiger partial charge is 0.0577 e. The number of hydrogen-bond acceptors (Lipinski definition) is 1. The van der Waals surface area contributed by atoms with Crippen molar-refractivity contribution in [1.29, 1.82) is 0 Å². The first-order valence-electron chi connectivity index (χ1n) is 5.07. The Morgan fingerprint density at radius 1 is 0.727 bits per heavy atom. The first-order chi connectivity index (χ1) is 5.39. The molecule has 0 radical (unpaired) electrons. The van der Waals surface area contributed by atoms with Gasteiger partial charge in [-0.25, -0.2) is 0 Å². The molecule has 0 aromatic heterocycles. The topological polar surface area (TPSA) is 20.2 Å².